The third-order valence-electron chi connectivity index (χ3n) is 4.50. The van der Waals surface area contributed by atoms with Crippen LogP contribution in [0.4, 0.5) is 6.01 Å². The summed E-state index contributed by atoms with van der Waals surface area (Å²) in [5.74, 6) is 1.34. The van der Waals surface area contributed by atoms with Gasteiger partial charge in [0.2, 0.25) is 10.0 Å². The zero-order valence-corrected chi connectivity index (χ0v) is 16.1. The molecule has 1 aliphatic rings. The van der Waals surface area contributed by atoms with E-state index in [2.05, 4.69) is 20.2 Å². The van der Waals surface area contributed by atoms with Crippen molar-refractivity contribution in [3.05, 3.63) is 5.82 Å². The summed E-state index contributed by atoms with van der Waals surface area (Å²) in [5, 5.41) is 7.24. The van der Waals surface area contributed by atoms with Crippen molar-refractivity contribution in [2.45, 2.75) is 77.0 Å². The average Bonchev–Trinajstić information content (AvgIpc) is 2.94. The Morgan fingerprint density at radius 3 is 2.33 bits per heavy atom. The normalized spacial score (nSPS) is 22.8. The third kappa shape index (κ3) is 4.92. The second kappa shape index (κ2) is 7.39. The number of nitrogens with zero attached hydrogens (tertiary/aromatic N) is 2. The van der Waals surface area contributed by atoms with Crippen LogP contribution < -0.4 is 10.0 Å². The summed E-state index contributed by atoms with van der Waals surface area (Å²) in [4.78, 5) is 4.34. The molecular formula is C16H30N4O3S. The van der Waals surface area contributed by atoms with E-state index >= 15 is 0 Å². The van der Waals surface area contributed by atoms with Crippen LogP contribution >= 0.6 is 0 Å². The van der Waals surface area contributed by atoms with Crippen molar-refractivity contribution in [2.75, 3.05) is 11.9 Å². The van der Waals surface area contributed by atoms with Gasteiger partial charge in [0, 0.05) is 18.5 Å². The monoisotopic (exact) mass is 358 g/mol. The number of sulfonamides is 1. The summed E-state index contributed by atoms with van der Waals surface area (Å²) in [7, 11) is -3.26. The summed E-state index contributed by atoms with van der Waals surface area (Å²) >= 11 is 0. The molecule has 0 radical (unpaired) electrons. The van der Waals surface area contributed by atoms with E-state index in [1.165, 1.54) is 0 Å². The van der Waals surface area contributed by atoms with Gasteiger partial charge in [0.05, 0.1) is 4.75 Å². The van der Waals surface area contributed by atoms with Crippen molar-refractivity contribution in [1.29, 1.82) is 0 Å². The molecule has 0 saturated heterocycles. The van der Waals surface area contributed by atoms with Crippen molar-refractivity contribution in [3.8, 4) is 0 Å². The molecule has 24 heavy (non-hydrogen) atoms. The third-order valence-corrected chi connectivity index (χ3v) is 6.66. The first-order chi connectivity index (χ1) is 11.1. The first kappa shape index (κ1) is 19.2. The van der Waals surface area contributed by atoms with E-state index in [4.69, 9.17) is 4.52 Å². The van der Waals surface area contributed by atoms with Crippen molar-refractivity contribution in [3.63, 3.8) is 0 Å². The fourth-order valence-corrected chi connectivity index (χ4v) is 3.55. The smallest absolute Gasteiger partial charge is 0.321 e. The van der Waals surface area contributed by atoms with Gasteiger partial charge in [0.25, 0.3) is 0 Å². The topological polar surface area (TPSA) is 97.1 Å². The van der Waals surface area contributed by atoms with Gasteiger partial charge in [-0.2, -0.15) is 4.98 Å². The van der Waals surface area contributed by atoms with Gasteiger partial charge in [0.1, 0.15) is 0 Å². The molecule has 7 nitrogen and oxygen atoms in total. The molecule has 138 valence electrons. The summed E-state index contributed by atoms with van der Waals surface area (Å²) < 4.78 is 31.4. The molecule has 1 fully saturated rings. The minimum atomic E-state index is -3.26. The molecule has 0 aromatic carbocycles. The fourth-order valence-electron chi connectivity index (χ4n) is 2.66. The van der Waals surface area contributed by atoms with Gasteiger partial charge in [-0.15, -0.1) is 0 Å². The number of aromatic nitrogens is 2. The van der Waals surface area contributed by atoms with Gasteiger partial charge in [-0.05, 0) is 52.4 Å². The molecule has 0 bridgehead atoms. The second-order valence-corrected chi connectivity index (χ2v) is 10.5. The number of rotatable bonds is 6. The molecule has 0 atom stereocenters. The van der Waals surface area contributed by atoms with Crippen LogP contribution in [0.25, 0.3) is 0 Å². The standard InChI is InChI=1S/C16H30N4O3S/c1-11(2)14-19-15(23-20-14)18-13-8-6-12(7-9-13)10-17-24(21,22)16(3,4)5/h11-13,17H,6-10H2,1-5H3,(H,18,19,20). The van der Waals surface area contributed by atoms with Gasteiger partial charge in [-0.3, -0.25) is 0 Å². The SMILES string of the molecule is CC(C)c1noc(NC2CCC(CNS(=O)(=O)C(C)(C)C)CC2)n1. The first-order valence-electron chi connectivity index (χ1n) is 8.68. The lowest BCUT2D eigenvalue weighted by molar-refractivity contribution is 0.329. The van der Waals surface area contributed by atoms with Crippen LogP contribution in [0.5, 0.6) is 0 Å². The second-order valence-electron chi connectivity index (χ2n) is 7.94. The van der Waals surface area contributed by atoms with E-state index in [0.29, 0.717) is 30.3 Å². The van der Waals surface area contributed by atoms with Crippen LogP contribution in [-0.4, -0.2) is 35.9 Å². The Hall–Kier alpha value is -1.15. The Morgan fingerprint density at radius 1 is 1.21 bits per heavy atom. The summed E-state index contributed by atoms with van der Waals surface area (Å²) in [6, 6.07) is 0.788. The van der Waals surface area contributed by atoms with Gasteiger partial charge >= 0.3 is 6.01 Å². The van der Waals surface area contributed by atoms with Gasteiger partial charge in [-0.25, -0.2) is 13.1 Å². The Balaban J connectivity index is 1.77. The molecular weight excluding hydrogens is 328 g/mol. The molecule has 1 aromatic heterocycles. The van der Waals surface area contributed by atoms with E-state index in [1.807, 2.05) is 13.8 Å². The lowest BCUT2D eigenvalue weighted by atomic mass is 9.86. The summed E-state index contributed by atoms with van der Waals surface area (Å²) in [5.41, 5.74) is 0. The summed E-state index contributed by atoms with van der Waals surface area (Å²) in [6.45, 7) is 9.71. The molecule has 1 heterocycles. The van der Waals surface area contributed by atoms with Crippen LogP contribution in [-0.2, 0) is 10.0 Å². The van der Waals surface area contributed by atoms with Crippen molar-refractivity contribution >= 4 is 16.0 Å². The highest BCUT2D eigenvalue weighted by molar-refractivity contribution is 7.90. The van der Waals surface area contributed by atoms with Crippen LogP contribution in [0, 0.1) is 5.92 Å². The molecule has 1 saturated carbocycles. The lowest BCUT2D eigenvalue weighted by Crippen LogP contribution is -2.42. The molecule has 0 spiro atoms. The molecule has 2 N–H and O–H groups in total. The minimum absolute atomic E-state index is 0.246. The quantitative estimate of drug-likeness (QED) is 0.811. The number of hydrogen-bond acceptors (Lipinski definition) is 6. The summed E-state index contributed by atoms with van der Waals surface area (Å²) in [6.07, 6.45) is 3.91. The highest BCUT2D eigenvalue weighted by Crippen LogP contribution is 2.27. The molecule has 1 aliphatic carbocycles. The van der Waals surface area contributed by atoms with E-state index in [9.17, 15) is 8.42 Å². The first-order valence-corrected chi connectivity index (χ1v) is 10.2. The lowest BCUT2D eigenvalue weighted by Gasteiger charge is -2.29. The zero-order chi connectivity index (χ0) is 18.0. The minimum Gasteiger partial charge on any atom is -0.335 e. The highest BCUT2D eigenvalue weighted by atomic mass is 32.2. The van der Waals surface area contributed by atoms with E-state index < -0.39 is 14.8 Å². The molecule has 8 heteroatoms. The highest BCUT2D eigenvalue weighted by Gasteiger charge is 2.30. The number of hydrogen-bond donors (Lipinski definition) is 2. The van der Waals surface area contributed by atoms with E-state index in [-0.39, 0.29) is 5.92 Å². The number of anilines is 1. The Morgan fingerprint density at radius 2 is 1.83 bits per heavy atom. The maximum atomic E-state index is 12.1. The molecule has 0 aliphatic heterocycles. The Labute approximate surface area is 145 Å². The Bertz CT molecular complexity index is 626. The molecule has 2 rings (SSSR count). The van der Waals surface area contributed by atoms with E-state index in [1.54, 1.807) is 20.8 Å². The van der Waals surface area contributed by atoms with Gasteiger partial charge < -0.3 is 9.84 Å². The van der Waals surface area contributed by atoms with Crippen molar-refractivity contribution in [2.24, 2.45) is 5.92 Å². The van der Waals surface area contributed by atoms with Crippen LogP contribution in [0.1, 0.15) is 72.0 Å². The molecule has 1 aromatic rings. The predicted octanol–water partition coefficient (Wildman–Crippen LogP) is 2.88. The maximum absolute atomic E-state index is 12.1. The van der Waals surface area contributed by atoms with Crippen molar-refractivity contribution in [1.82, 2.24) is 14.9 Å². The molecule has 0 amide bonds. The van der Waals surface area contributed by atoms with Crippen LogP contribution in [0.15, 0.2) is 4.52 Å². The fraction of sp³-hybridized carbons (Fsp3) is 0.875. The Kier molecular flexibility index (Phi) is 5.91. The maximum Gasteiger partial charge on any atom is 0.321 e. The van der Waals surface area contributed by atoms with Crippen LogP contribution in [0.2, 0.25) is 0 Å². The predicted molar refractivity (Wildman–Crippen MR) is 94.4 cm³/mol. The number of nitrogens with one attached hydrogen (secondary N) is 2. The van der Waals surface area contributed by atoms with Crippen molar-refractivity contribution < 1.29 is 12.9 Å². The average molecular weight is 359 g/mol. The largest absolute Gasteiger partial charge is 0.335 e. The van der Waals surface area contributed by atoms with Gasteiger partial charge in [0.15, 0.2) is 5.82 Å². The molecule has 0 unspecified atom stereocenters. The van der Waals surface area contributed by atoms with Gasteiger partial charge in [-0.1, -0.05) is 19.0 Å². The van der Waals surface area contributed by atoms with E-state index in [0.717, 1.165) is 25.7 Å². The zero-order valence-electron chi connectivity index (χ0n) is 15.3. The van der Waals surface area contributed by atoms with Crippen LogP contribution in [0.3, 0.4) is 0 Å².